The van der Waals surface area contributed by atoms with Crippen LogP contribution in [-0.4, -0.2) is 23.9 Å². The van der Waals surface area contributed by atoms with Gasteiger partial charge >= 0.3 is 5.97 Å². The standard InChI is InChI=1S/C12H21NO3/c1-6-9-8-12(16-13-9,11(3,4)5)10(14)15-7-2/h6-8H2,1-5H3. The predicted molar refractivity (Wildman–Crippen MR) is 62.2 cm³/mol. The normalized spacial score (nSPS) is 24.9. The SMILES string of the molecule is CCOC(=O)C1(C(C)(C)C)CC(CC)=NO1. The summed E-state index contributed by atoms with van der Waals surface area (Å²) in [5, 5.41) is 3.99. The fraction of sp³-hybridized carbons (Fsp3) is 0.833. The Morgan fingerprint density at radius 2 is 2.12 bits per heavy atom. The Hall–Kier alpha value is -1.06. The Morgan fingerprint density at radius 1 is 1.50 bits per heavy atom. The third kappa shape index (κ3) is 2.06. The van der Waals surface area contributed by atoms with Crippen molar-refractivity contribution in [2.45, 2.75) is 53.1 Å². The van der Waals surface area contributed by atoms with E-state index < -0.39 is 5.60 Å². The second-order valence-corrected chi connectivity index (χ2v) is 5.08. The van der Waals surface area contributed by atoms with E-state index in [2.05, 4.69) is 5.16 Å². The third-order valence-corrected chi connectivity index (χ3v) is 3.01. The third-order valence-electron chi connectivity index (χ3n) is 3.01. The number of carbonyl (C=O) groups excluding carboxylic acids is 1. The maximum absolute atomic E-state index is 12.1. The van der Waals surface area contributed by atoms with Gasteiger partial charge in [0.1, 0.15) is 0 Å². The number of ether oxygens (including phenoxy) is 1. The Kier molecular flexibility index (Phi) is 3.61. The molecular weight excluding hydrogens is 206 g/mol. The average molecular weight is 227 g/mol. The van der Waals surface area contributed by atoms with Crippen LogP contribution in [0.25, 0.3) is 0 Å². The molecule has 0 N–H and O–H groups in total. The maximum Gasteiger partial charge on any atom is 0.354 e. The Labute approximate surface area is 97.0 Å². The lowest BCUT2D eigenvalue weighted by molar-refractivity contribution is -0.183. The van der Waals surface area contributed by atoms with Crippen LogP contribution in [0.1, 0.15) is 47.5 Å². The van der Waals surface area contributed by atoms with Crippen LogP contribution >= 0.6 is 0 Å². The minimum atomic E-state index is -0.950. The number of rotatable bonds is 3. The molecule has 4 heteroatoms. The first-order chi connectivity index (χ1) is 7.37. The lowest BCUT2D eigenvalue weighted by atomic mass is 9.73. The summed E-state index contributed by atoms with van der Waals surface area (Å²) in [4.78, 5) is 17.5. The van der Waals surface area contributed by atoms with Crippen LogP contribution in [0.15, 0.2) is 5.16 Å². The molecule has 1 atom stereocenters. The van der Waals surface area contributed by atoms with Gasteiger partial charge in [-0.15, -0.1) is 0 Å². The van der Waals surface area contributed by atoms with Crippen molar-refractivity contribution in [2.75, 3.05) is 6.61 Å². The van der Waals surface area contributed by atoms with Crippen LogP contribution in [0.2, 0.25) is 0 Å². The Bertz CT molecular complexity index is 304. The lowest BCUT2D eigenvalue weighted by Gasteiger charge is -2.36. The number of nitrogens with zero attached hydrogens (tertiary/aromatic N) is 1. The fourth-order valence-corrected chi connectivity index (χ4v) is 1.75. The summed E-state index contributed by atoms with van der Waals surface area (Å²) in [5.41, 5.74) is -0.364. The van der Waals surface area contributed by atoms with Crippen LogP contribution in [0.4, 0.5) is 0 Å². The van der Waals surface area contributed by atoms with Gasteiger partial charge in [-0.3, -0.25) is 0 Å². The van der Waals surface area contributed by atoms with E-state index in [1.807, 2.05) is 27.7 Å². The first-order valence-corrected chi connectivity index (χ1v) is 5.78. The van der Waals surface area contributed by atoms with E-state index in [9.17, 15) is 4.79 Å². The molecule has 4 nitrogen and oxygen atoms in total. The molecule has 1 aliphatic rings. The largest absolute Gasteiger partial charge is 0.463 e. The molecule has 0 aromatic rings. The lowest BCUT2D eigenvalue weighted by Crippen LogP contribution is -2.51. The van der Waals surface area contributed by atoms with Crippen LogP contribution < -0.4 is 0 Å². The van der Waals surface area contributed by atoms with Crippen molar-refractivity contribution in [3.8, 4) is 0 Å². The number of hydrogen-bond acceptors (Lipinski definition) is 4. The van der Waals surface area contributed by atoms with Crippen molar-refractivity contribution in [1.29, 1.82) is 0 Å². The summed E-state index contributed by atoms with van der Waals surface area (Å²) in [5.74, 6) is -0.310. The molecule has 0 aromatic heterocycles. The topological polar surface area (TPSA) is 47.9 Å². The molecule has 0 spiro atoms. The second kappa shape index (κ2) is 4.44. The molecule has 1 unspecified atom stereocenters. The summed E-state index contributed by atoms with van der Waals surface area (Å²) in [6, 6.07) is 0. The average Bonchev–Trinajstić information content (AvgIpc) is 2.62. The fourth-order valence-electron chi connectivity index (χ4n) is 1.75. The number of carbonyl (C=O) groups is 1. The minimum absolute atomic E-state index is 0.310. The summed E-state index contributed by atoms with van der Waals surface area (Å²) in [6.07, 6.45) is 1.34. The van der Waals surface area contributed by atoms with Gasteiger partial charge in [-0.25, -0.2) is 4.79 Å². The van der Waals surface area contributed by atoms with Crippen molar-refractivity contribution >= 4 is 11.7 Å². The highest BCUT2D eigenvalue weighted by atomic mass is 16.7. The van der Waals surface area contributed by atoms with E-state index >= 15 is 0 Å². The van der Waals surface area contributed by atoms with Crippen LogP contribution in [0.3, 0.4) is 0 Å². The molecule has 0 fully saturated rings. The molecule has 0 radical (unpaired) electrons. The van der Waals surface area contributed by atoms with E-state index in [0.717, 1.165) is 12.1 Å². The van der Waals surface area contributed by atoms with Crippen molar-refractivity contribution in [2.24, 2.45) is 10.6 Å². The summed E-state index contributed by atoms with van der Waals surface area (Å²) in [7, 11) is 0. The molecule has 0 amide bonds. The quantitative estimate of drug-likeness (QED) is 0.696. The smallest absolute Gasteiger partial charge is 0.354 e. The highest BCUT2D eigenvalue weighted by Gasteiger charge is 2.56. The van der Waals surface area contributed by atoms with Gasteiger partial charge in [0.05, 0.1) is 12.3 Å². The Balaban J connectivity index is 2.95. The van der Waals surface area contributed by atoms with E-state index in [-0.39, 0.29) is 11.4 Å². The molecule has 1 aliphatic heterocycles. The molecule has 1 heterocycles. The van der Waals surface area contributed by atoms with Gasteiger partial charge in [0, 0.05) is 11.8 Å². The highest BCUT2D eigenvalue weighted by Crippen LogP contribution is 2.42. The van der Waals surface area contributed by atoms with Crippen molar-refractivity contribution < 1.29 is 14.4 Å². The zero-order valence-electron chi connectivity index (χ0n) is 10.8. The van der Waals surface area contributed by atoms with Crippen LogP contribution in [0.5, 0.6) is 0 Å². The van der Waals surface area contributed by atoms with E-state index in [0.29, 0.717) is 13.0 Å². The number of esters is 1. The van der Waals surface area contributed by atoms with Gasteiger partial charge in [-0.2, -0.15) is 0 Å². The highest BCUT2D eigenvalue weighted by molar-refractivity contribution is 5.94. The second-order valence-electron chi connectivity index (χ2n) is 5.08. The molecular formula is C12H21NO3. The number of hydrogen-bond donors (Lipinski definition) is 0. The zero-order chi connectivity index (χ0) is 12.4. The van der Waals surface area contributed by atoms with Crippen molar-refractivity contribution in [3.63, 3.8) is 0 Å². The molecule has 92 valence electrons. The summed E-state index contributed by atoms with van der Waals surface area (Å²) < 4.78 is 5.11. The molecule has 0 aromatic carbocycles. The maximum atomic E-state index is 12.1. The van der Waals surface area contributed by atoms with E-state index in [1.54, 1.807) is 6.92 Å². The van der Waals surface area contributed by atoms with E-state index in [1.165, 1.54) is 0 Å². The van der Waals surface area contributed by atoms with Gasteiger partial charge < -0.3 is 9.57 Å². The minimum Gasteiger partial charge on any atom is -0.463 e. The zero-order valence-corrected chi connectivity index (χ0v) is 10.8. The monoisotopic (exact) mass is 227 g/mol. The summed E-state index contributed by atoms with van der Waals surface area (Å²) in [6.45, 7) is 10.1. The first-order valence-electron chi connectivity index (χ1n) is 5.78. The molecule has 0 bridgehead atoms. The van der Waals surface area contributed by atoms with Gasteiger partial charge in [-0.1, -0.05) is 32.9 Å². The van der Waals surface area contributed by atoms with Gasteiger partial charge in [0.15, 0.2) is 0 Å². The molecule has 0 saturated heterocycles. The van der Waals surface area contributed by atoms with Gasteiger partial charge in [0.2, 0.25) is 5.60 Å². The molecule has 16 heavy (non-hydrogen) atoms. The van der Waals surface area contributed by atoms with Crippen LogP contribution in [0, 0.1) is 5.41 Å². The van der Waals surface area contributed by atoms with Crippen molar-refractivity contribution in [3.05, 3.63) is 0 Å². The van der Waals surface area contributed by atoms with E-state index in [4.69, 9.17) is 9.57 Å². The van der Waals surface area contributed by atoms with Gasteiger partial charge in [-0.05, 0) is 13.3 Å². The molecule has 1 rings (SSSR count). The predicted octanol–water partition coefficient (Wildman–Crippen LogP) is 2.52. The Morgan fingerprint density at radius 3 is 2.50 bits per heavy atom. The summed E-state index contributed by atoms with van der Waals surface area (Å²) >= 11 is 0. The first kappa shape index (κ1) is 13.0. The van der Waals surface area contributed by atoms with Gasteiger partial charge in [0.25, 0.3) is 0 Å². The number of oxime groups is 1. The molecule has 0 aliphatic carbocycles. The van der Waals surface area contributed by atoms with Crippen molar-refractivity contribution in [1.82, 2.24) is 0 Å². The molecule has 0 saturated carbocycles. The van der Waals surface area contributed by atoms with Crippen LogP contribution in [-0.2, 0) is 14.4 Å².